The molecular weight excluding hydrogens is 310 g/mol. The molecule has 0 heterocycles. The van der Waals surface area contributed by atoms with Crippen molar-refractivity contribution in [1.29, 1.82) is 0 Å². The number of nitrogens with one attached hydrogen (secondary N) is 1. The molecule has 0 spiro atoms. The Kier molecular flexibility index (Phi) is 6.87. The van der Waals surface area contributed by atoms with Crippen molar-refractivity contribution in [3.63, 3.8) is 0 Å². The largest absolute Gasteiger partial charge is 0.351 e. The third-order valence-electron chi connectivity index (χ3n) is 3.20. The molecule has 0 bridgehead atoms. The van der Waals surface area contributed by atoms with Crippen molar-refractivity contribution in [2.75, 3.05) is 18.6 Å². The molecular formula is C18H21NOS2. The summed E-state index contributed by atoms with van der Waals surface area (Å²) in [6.07, 6.45) is 2.08. The van der Waals surface area contributed by atoms with Gasteiger partial charge in [0, 0.05) is 28.5 Å². The van der Waals surface area contributed by atoms with Crippen LogP contribution in [-0.4, -0.2) is 24.5 Å². The number of hydrogen-bond acceptors (Lipinski definition) is 3. The molecule has 0 fully saturated rings. The van der Waals surface area contributed by atoms with E-state index in [0.717, 1.165) is 17.1 Å². The maximum Gasteiger partial charge on any atom is 0.251 e. The molecule has 0 radical (unpaired) electrons. The first-order valence-corrected chi connectivity index (χ1v) is 9.62. The lowest BCUT2D eigenvalue weighted by Gasteiger charge is -2.06. The second kappa shape index (κ2) is 8.91. The standard InChI is InChI=1S/C18H21NOS2/c1-14-3-9-17(10-4-14)22-12-11-19-18(20)16-7-5-15(6-8-16)13-21-2/h3-10H,11-13H2,1-2H3,(H,19,20). The van der Waals surface area contributed by atoms with Gasteiger partial charge in [0.15, 0.2) is 0 Å². The minimum atomic E-state index is 0.000192. The van der Waals surface area contributed by atoms with Gasteiger partial charge in [-0.3, -0.25) is 4.79 Å². The van der Waals surface area contributed by atoms with Gasteiger partial charge in [0.2, 0.25) is 0 Å². The van der Waals surface area contributed by atoms with Gasteiger partial charge in [-0.1, -0.05) is 29.8 Å². The molecule has 0 unspecified atom stereocenters. The summed E-state index contributed by atoms with van der Waals surface area (Å²) in [7, 11) is 0. The van der Waals surface area contributed by atoms with Crippen LogP contribution in [0.25, 0.3) is 0 Å². The highest BCUT2D eigenvalue weighted by atomic mass is 32.2. The first-order chi connectivity index (χ1) is 10.7. The number of carbonyl (C=O) groups is 1. The Labute approximate surface area is 141 Å². The number of thioether (sulfide) groups is 2. The van der Waals surface area contributed by atoms with Gasteiger partial charge in [0.1, 0.15) is 0 Å². The Hall–Kier alpha value is -1.39. The summed E-state index contributed by atoms with van der Waals surface area (Å²) in [6, 6.07) is 16.3. The van der Waals surface area contributed by atoms with E-state index in [9.17, 15) is 4.79 Å². The highest BCUT2D eigenvalue weighted by Gasteiger charge is 2.04. The molecule has 116 valence electrons. The van der Waals surface area contributed by atoms with E-state index in [4.69, 9.17) is 0 Å². The van der Waals surface area contributed by atoms with Gasteiger partial charge in [-0.05, 0) is 43.0 Å². The molecule has 0 aromatic heterocycles. The fourth-order valence-electron chi connectivity index (χ4n) is 1.99. The molecule has 0 saturated carbocycles. The van der Waals surface area contributed by atoms with Crippen LogP contribution in [0.3, 0.4) is 0 Å². The van der Waals surface area contributed by atoms with Crippen molar-refractivity contribution in [3.05, 3.63) is 65.2 Å². The van der Waals surface area contributed by atoms with Crippen LogP contribution in [0.2, 0.25) is 0 Å². The minimum absolute atomic E-state index is 0.000192. The SMILES string of the molecule is CSCc1ccc(C(=O)NCCSc2ccc(C)cc2)cc1. The number of benzene rings is 2. The Bertz CT molecular complexity index is 593. The lowest BCUT2D eigenvalue weighted by molar-refractivity contribution is 0.0956. The third-order valence-corrected chi connectivity index (χ3v) is 4.84. The van der Waals surface area contributed by atoms with Gasteiger partial charge in [-0.2, -0.15) is 11.8 Å². The topological polar surface area (TPSA) is 29.1 Å². The van der Waals surface area contributed by atoms with E-state index in [2.05, 4.69) is 42.8 Å². The predicted octanol–water partition coefficient (Wildman–Crippen LogP) is 4.38. The smallest absolute Gasteiger partial charge is 0.251 e. The van der Waals surface area contributed by atoms with E-state index >= 15 is 0 Å². The molecule has 0 aliphatic rings. The van der Waals surface area contributed by atoms with E-state index in [1.165, 1.54) is 16.0 Å². The summed E-state index contributed by atoms with van der Waals surface area (Å²) in [5, 5.41) is 2.97. The van der Waals surface area contributed by atoms with Crippen LogP contribution >= 0.6 is 23.5 Å². The molecule has 2 aromatic rings. The summed E-state index contributed by atoms with van der Waals surface area (Å²) >= 11 is 3.54. The highest BCUT2D eigenvalue weighted by Crippen LogP contribution is 2.17. The summed E-state index contributed by atoms with van der Waals surface area (Å²) < 4.78 is 0. The predicted molar refractivity (Wildman–Crippen MR) is 97.9 cm³/mol. The van der Waals surface area contributed by atoms with Gasteiger partial charge in [-0.15, -0.1) is 11.8 Å². The Morgan fingerprint density at radius 3 is 2.36 bits per heavy atom. The van der Waals surface area contributed by atoms with Crippen molar-refractivity contribution >= 4 is 29.4 Å². The normalized spacial score (nSPS) is 10.5. The lowest BCUT2D eigenvalue weighted by atomic mass is 10.1. The number of rotatable bonds is 7. The molecule has 0 aliphatic carbocycles. The molecule has 0 saturated heterocycles. The maximum atomic E-state index is 12.0. The van der Waals surface area contributed by atoms with Gasteiger partial charge in [0.05, 0.1) is 0 Å². The molecule has 2 rings (SSSR count). The van der Waals surface area contributed by atoms with Crippen molar-refractivity contribution < 1.29 is 4.79 Å². The van der Waals surface area contributed by atoms with Gasteiger partial charge >= 0.3 is 0 Å². The molecule has 0 atom stereocenters. The zero-order chi connectivity index (χ0) is 15.8. The van der Waals surface area contributed by atoms with Crippen LogP contribution in [0.5, 0.6) is 0 Å². The average Bonchev–Trinajstić information content (AvgIpc) is 2.54. The lowest BCUT2D eigenvalue weighted by Crippen LogP contribution is -2.25. The van der Waals surface area contributed by atoms with Crippen molar-refractivity contribution in [3.8, 4) is 0 Å². The van der Waals surface area contributed by atoms with Crippen molar-refractivity contribution in [1.82, 2.24) is 5.32 Å². The molecule has 22 heavy (non-hydrogen) atoms. The van der Waals surface area contributed by atoms with E-state index in [1.807, 2.05) is 24.3 Å². The van der Waals surface area contributed by atoms with E-state index in [-0.39, 0.29) is 5.91 Å². The molecule has 2 nitrogen and oxygen atoms in total. The summed E-state index contributed by atoms with van der Waals surface area (Å²) in [6.45, 7) is 2.75. The van der Waals surface area contributed by atoms with Gasteiger partial charge < -0.3 is 5.32 Å². The van der Waals surface area contributed by atoms with E-state index in [1.54, 1.807) is 23.5 Å². The van der Waals surface area contributed by atoms with Gasteiger partial charge in [0.25, 0.3) is 5.91 Å². The number of carbonyl (C=O) groups excluding carboxylic acids is 1. The zero-order valence-corrected chi connectivity index (χ0v) is 14.6. The van der Waals surface area contributed by atoms with Crippen LogP contribution in [-0.2, 0) is 5.75 Å². The quantitative estimate of drug-likeness (QED) is 0.603. The zero-order valence-electron chi connectivity index (χ0n) is 13.0. The van der Waals surface area contributed by atoms with Crippen molar-refractivity contribution in [2.45, 2.75) is 17.6 Å². The monoisotopic (exact) mass is 331 g/mol. The molecule has 0 aliphatic heterocycles. The fraction of sp³-hybridized carbons (Fsp3) is 0.278. The van der Waals surface area contributed by atoms with Crippen LogP contribution in [0, 0.1) is 6.92 Å². The molecule has 1 N–H and O–H groups in total. The van der Waals surface area contributed by atoms with Crippen LogP contribution in [0.4, 0.5) is 0 Å². The third kappa shape index (κ3) is 5.43. The first kappa shape index (κ1) is 17.0. The Balaban J connectivity index is 1.74. The summed E-state index contributed by atoms with van der Waals surface area (Å²) in [5.74, 6) is 1.86. The van der Waals surface area contributed by atoms with Crippen LogP contribution in [0.15, 0.2) is 53.4 Å². The van der Waals surface area contributed by atoms with E-state index < -0.39 is 0 Å². The van der Waals surface area contributed by atoms with Crippen molar-refractivity contribution in [2.24, 2.45) is 0 Å². The minimum Gasteiger partial charge on any atom is -0.351 e. The summed E-state index contributed by atoms with van der Waals surface area (Å²) in [4.78, 5) is 13.3. The molecule has 1 amide bonds. The average molecular weight is 332 g/mol. The first-order valence-electron chi connectivity index (χ1n) is 7.24. The van der Waals surface area contributed by atoms with E-state index in [0.29, 0.717) is 6.54 Å². The Morgan fingerprint density at radius 1 is 1.05 bits per heavy atom. The summed E-state index contributed by atoms with van der Waals surface area (Å²) in [5.41, 5.74) is 3.24. The number of aryl methyl sites for hydroxylation is 1. The molecule has 4 heteroatoms. The van der Waals surface area contributed by atoms with Crippen LogP contribution in [0.1, 0.15) is 21.5 Å². The second-order valence-corrected chi connectivity index (χ2v) is 7.08. The van der Waals surface area contributed by atoms with Gasteiger partial charge in [-0.25, -0.2) is 0 Å². The highest BCUT2D eigenvalue weighted by molar-refractivity contribution is 7.99. The maximum absolute atomic E-state index is 12.0. The van der Waals surface area contributed by atoms with Crippen LogP contribution < -0.4 is 5.32 Å². The Morgan fingerprint density at radius 2 is 1.73 bits per heavy atom. The number of amides is 1. The number of hydrogen-bond donors (Lipinski definition) is 1. The fourth-order valence-corrected chi connectivity index (χ4v) is 3.28. The molecule has 2 aromatic carbocycles. The second-order valence-electron chi connectivity index (χ2n) is 5.05.